The van der Waals surface area contributed by atoms with Gasteiger partial charge in [0.2, 0.25) is 21.8 Å². The van der Waals surface area contributed by atoms with E-state index in [-0.39, 0.29) is 19.4 Å². The second kappa shape index (κ2) is 15.1. The number of furan rings is 1. The van der Waals surface area contributed by atoms with Crippen molar-refractivity contribution < 1.29 is 46.2 Å². The summed E-state index contributed by atoms with van der Waals surface area (Å²) in [6.45, 7) is 5.13. The molecule has 0 radical (unpaired) electrons. The number of alkyl carbamates (subject to hydrolysis) is 1. The predicted octanol–water partition coefficient (Wildman–Crippen LogP) is 5.39. The molecule has 8 rings (SSSR count). The Bertz CT molecular complexity index is 2440. The van der Waals surface area contributed by atoms with Crippen molar-refractivity contribution in [1.82, 2.24) is 25.2 Å². The third-order valence-corrected chi connectivity index (χ3v) is 13.1. The number of hydrogen-bond donors (Lipinski definition) is 3. The molecule has 4 aromatic rings. The summed E-state index contributed by atoms with van der Waals surface area (Å²) >= 11 is 0. The molecule has 2 aromatic carbocycles. The van der Waals surface area contributed by atoms with Crippen LogP contribution in [0.2, 0.25) is 0 Å². The van der Waals surface area contributed by atoms with Crippen LogP contribution in [0.15, 0.2) is 59.0 Å². The van der Waals surface area contributed by atoms with E-state index in [0.717, 1.165) is 18.2 Å². The second-order valence-corrected chi connectivity index (χ2v) is 18.8. The van der Waals surface area contributed by atoms with Crippen molar-refractivity contribution in [2.24, 2.45) is 5.92 Å². The smallest absolute Gasteiger partial charge is 0.408 e. The molecule has 15 nitrogen and oxygen atoms in total. The molecule has 308 valence electrons. The Labute approximate surface area is 336 Å². The Balaban J connectivity index is 1.16. The fourth-order valence-corrected chi connectivity index (χ4v) is 9.41. The van der Waals surface area contributed by atoms with Gasteiger partial charge in [0.05, 0.1) is 24.4 Å². The van der Waals surface area contributed by atoms with Crippen LogP contribution in [-0.4, -0.2) is 90.3 Å². The van der Waals surface area contributed by atoms with Gasteiger partial charge in [-0.3, -0.25) is 19.1 Å². The number of hydrogen-bond acceptors (Lipinski definition) is 11. The topological polar surface area (TPSA) is 195 Å². The number of nitrogens with one attached hydrogen (secondary N) is 3. The number of pyridine rings is 1. The number of aromatic nitrogens is 1. The van der Waals surface area contributed by atoms with Gasteiger partial charge in [0.1, 0.15) is 46.2 Å². The van der Waals surface area contributed by atoms with Crippen LogP contribution in [0.1, 0.15) is 78.6 Å². The number of carbonyl (C=O) groups is 4. The lowest BCUT2D eigenvalue weighted by atomic mass is 10.0. The van der Waals surface area contributed by atoms with E-state index in [1.54, 1.807) is 40.0 Å². The van der Waals surface area contributed by atoms with Crippen LogP contribution in [0.5, 0.6) is 11.5 Å². The van der Waals surface area contributed by atoms with E-state index in [9.17, 15) is 27.6 Å². The van der Waals surface area contributed by atoms with Crippen LogP contribution in [0, 0.1) is 5.92 Å². The normalized spacial score (nSPS) is 26.2. The molecule has 5 atom stereocenters. The minimum Gasteiger partial charge on any atom is -0.497 e. The molecule has 2 aromatic heterocycles. The van der Waals surface area contributed by atoms with Crippen molar-refractivity contribution in [2.75, 3.05) is 13.7 Å². The lowest BCUT2D eigenvalue weighted by Crippen LogP contribution is -2.58. The lowest BCUT2D eigenvalue weighted by Gasteiger charge is -2.30. The number of benzene rings is 2. The molecular weight excluding hydrogens is 767 g/mol. The summed E-state index contributed by atoms with van der Waals surface area (Å²) in [4.78, 5) is 62.6. The first-order valence-electron chi connectivity index (χ1n) is 20.0. The highest BCUT2D eigenvalue weighted by Gasteiger charge is 2.62. The molecule has 58 heavy (non-hydrogen) atoms. The number of fused-ring (bicyclic) bond motifs is 6. The summed E-state index contributed by atoms with van der Waals surface area (Å²) < 4.78 is 52.3. The standard InChI is InChI=1S/C42H49N5O10S/c1-41(2,3)57-40(51)44-30-14-9-7-5-6-8-12-24-22-42(24,39(50)46-58(52,53)27-17-18-27)45-37(48)32-21-26(23-47(32)38(30)49)55-35-28-19-16-25(54-4)20-31(28)43-34-29-13-10-11-15-33(29)56-36(34)35/h8,10-13,15-16,19-20,24,26-27,30,32H,5-7,9,14,17-18,21-23H2,1-4H3,(H,44,51)(H,45,48)(H,46,50)/b12-8-/t24-,26-,30+,32+,42-/m1/s1. The minimum atomic E-state index is -3.92. The second-order valence-electron chi connectivity index (χ2n) is 16.8. The highest BCUT2D eigenvalue weighted by Crippen LogP contribution is 2.46. The molecule has 3 fully saturated rings. The Morgan fingerprint density at radius 1 is 1.03 bits per heavy atom. The van der Waals surface area contributed by atoms with Gasteiger partial charge in [0.15, 0.2) is 11.3 Å². The van der Waals surface area contributed by atoms with Crippen LogP contribution < -0.4 is 24.8 Å². The average Bonchev–Trinajstić information content (AvgIpc) is 4.07. The third-order valence-electron chi connectivity index (χ3n) is 11.3. The minimum absolute atomic E-state index is 0.0109. The van der Waals surface area contributed by atoms with E-state index in [2.05, 4.69) is 15.4 Å². The van der Waals surface area contributed by atoms with Crippen molar-refractivity contribution in [1.29, 1.82) is 0 Å². The van der Waals surface area contributed by atoms with Gasteiger partial charge in [0, 0.05) is 29.2 Å². The van der Waals surface area contributed by atoms with Crippen LogP contribution in [0.25, 0.3) is 33.0 Å². The van der Waals surface area contributed by atoms with Crippen LogP contribution in [0.4, 0.5) is 4.79 Å². The number of methoxy groups -OCH3 is 1. The van der Waals surface area contributed by atoms with Gasteiger partial charge in [0.25, 0.3) is 5.91 Å². The van der Waals surface area contributed by atoms with Crippen molar-refractivity contribution in [3.05, 3.63) is 54.6 Å². The Morgan fingerprint density at radius 2 is 1.83 bits per heavy atom. The van der Waals surface area contributed by atoms with Gasteiger partial charge >= 0.3 is 6.09 Å². The molecule has 3 N–H and O–H groups in total. The zero-order valence-corrected chi connectivity index (χ0v) is 33.9. The monoisotopic (exact) mass is 815 g/mol. The first-order chi connectivity index (χ1) is 27.7. The van der Waals surface area contributed by atoms with E-state index < -0.39 is 74.3 Å². The SMILES string of the molecule is COc1ccc2c(O[C@@H]3C[C@H]4C(=O)N[C@]5(C(=O)NS(=O)(=O)C6CC6)C[C@H]5/C=C\CCCCC[C@H](NC(=O)OC(C)(C)C)C(=O)N4C3)c3oc4ccccc4c3nc2c1. The maximum absolute atomic E-state index is 14.7. The maximum Gasteiger partial charge on any atom is 0.408 e. The number of rotatable bonds is 7. The summed E-state index contributed by atoms with van der Waals surface area (Å²) in [5.41, 5.74) is -0.213. The fourth-order valence-electron chi connectivity index (χ4n) is 8.04. The number of amides is 4. The number of allylic oxidation sites excluding steroid dienone is 1. The van der Waals surface area contributed by atoms with Crippen molar-refractivity contribution >= 4 is 66.8 Å². The summed E-state index contributed by atoms with van der Waals surface area (Å²) in [7, 11) is -2.35. The van der Waals surface area contributed by atoms with Gasteiger partial charge in [-0.2, -0.15) is 0 Å². The average molecular weight is 816 g/mol. The van der Waals surface area contributed by atoms with E-state index >= 15 is 0 Å². The highest BCUT2D eigenvalue weighted by atomic mass is 32.2. The quantitative estimate of drug-likeness (QED) is 0.203. The Hall–Kier alpha value is -5.38. The molecule has 2 aliphatic heterocycles. The summed E-state index contributed by atoms with van der Waals surface area (Å²) in [6.07, 6.45) is 6.53. The third kappa shape index (κ3) is 7.90. The van der Waals surface area contributed by atoms with E-state index in [1.165, 1.54) is 4.90 Å². The van der Waals surface area contributed by atoms with Crippen molar-refractivity contribution in [2.45, 2.75) is 113 Å². The molecular formula is C42H49N5O10S. The molecule has 4 heterocycles. The summed E-state index contributed by atoms with van der Waals surface area (Å²) in [5, 5.41) is 6.42. The van der Waals surface area contributed by atoms with E-state index in [4.69, 9.17) is 23.6 Å². The molecule has 16 heteroatoms. The van der Waals surface area contributed by atoms with Gasteiger partial charge in [-0.15, -0.1) is 0 Å². The summed E-state index contributed by atoms with van der Waals surface area (Å²) in [5.74, 6) is -1.44. The molecule has 1 saturated heterocycles. The van der Waals surface area contributed by atoms with Gasteiger partial charge in [-0.1, -0.05) is 37.1 Å². The number of ether oxygens (including phenoxy) is 3. The lowest BCUT2D eigenvalue weighted by molar-refractivity contribution is -0.141. The maximum atomic E-state index is 14.7. The number of para-hydroxylation sites is 1. The molecule has 2 saturated carbocycles. The predicted molar refractivity (Wildman–Crippen MR) is 215 cm³/mol. The molecule has 0 bridgehead atoms. The van der Waals surface area contributed by atoms with Gasteiger partial charge < -0.3 is 34.2 Å². The first-order valence-corrected chi connectivity index (χ1v) is 21.5. The first kappa shape index (κ1) is 39.4. The van der Waals surface area contributed by atoms with Crippen molar-refractivity contribution in [3.8, 4) is 11.5 Å². The van der Waals surface area contributed by atoms with E-state index in [0.29, 0.717) is 71.2 Å². The fraction of sp³-hybridized carbons (Fsp3) is 0.500. The zero-order chi connectivity index (χ0) is 41.0. The molecule has 4 amide bonds. The molecule has 4 aliphatic rings. The molecule has 0 unspecified atom stereocenters. The van der Waals surface area contributed by atoms with Gasteiger partial charge in [-0.05, 0) is 83.6 Å². The number of sulfonamides is 1. The number of nitrogens with zero attached hydrogens (tertiary/aromatic N) is 2. The van der Waals surface area contributed by atoms with Crippen LogP contribution in [0.3, 0.4) is 0 Å². The van der Waals surface area contributed by atoms with Crippen LogP contribution in [-0.2, 0) is 29.1 Å². The van der Waals surface area contributed by atoms with Crippen LogP contribution >= 0.6 is 0 Å². The van der Waals surface area contributed by atoms with Gasteiger partial charge in [-0.25, -0.2) is 18.2 Å². The Morgan fingerprint density at radius 3 is 2.59 bits per heavy atom. The highest BCUT2D eigenvalue weighted by molar-refractivity contribution is 7.91. The van der Waals surface area contributed by atoms with E-state index in [1.807, 2.05) is 42.5 Å². The zero-order valence-electron chi connectivity index (χ0n) is 33.0. The summed E-state index contributed by atoms with van der Waals surface area (Å²) in [6, 6.07) is 10.7. The largest absolute Gasteiger partial charge is 0.497 e. The molecule has 2 aliphatic carbocycles. The molecule has 0 spiro atoms. The Kier molecular flexibility index (Phi) is 10.3. The number of carbonyl (C=O) groups excluding carboxylic acids is 4. The van der Waals surface area contributed by atoms with Crippen molar-refractivity contribution in [3.63, 3.8) is 0 Å².